The van der Waals surface area contributed by atoms with Crippen molar-refractivity contribution in [3.05, 3.63) is 33.3 Å². The molecule has 2 rings (SSSR count). The summed E-state index contributed by atoms with van der Waals surface area (Å²) in [5, 5.41) is 4.18. The van der Waals surface area contributed by atoms with Gasteiger partial charge in [-0.05, 0) is 32.0 Å². The lowest BCUT2D eigenvalue weighted by atomic mass is 9.86. The molecule has 0 heterocycles. The van der Waals surface area contributed by atoms with Crippen molar-refractivity contribution in [3.63, 3.8) is 0 Å². The van der Waals surface area contributed by atoms with Gasteiger partial charge in [-0.15, -0.1) is 0 Å². The number of rotatable bonds is 4. The van der Waals surface area contributed by atoms with Gasteiger partial charge in [0.1, 0.15) is 0 Å². The van der Waals surface area contributed by atoms with E-state index in [1.807, 2.05) is 25.2 Å². The zero-order chi connectivity index (χ0) is 13.2. The second-order valence-electron chi connectivity index (χ2n) is 4.83. The summed E-state index contributed by atoms with van der Waals surface area (Å²) in [5.41, 5.74) is 0.966. The number of hydrogen-bond acceptors (Lipinski definition) is 2. The summed E-state index contributed by atoms with van der Waals surface area (Å²) in [7, 11) is 3.78. The lowest BCUT2D eigenvalue weighted by Gasteiger charge is -2.37. The van der Waals surface area contributed by atoms with E-state index in [-0.39, 0.29) is 11.6 Å². The zero-order valence-corrected chi connectivity index (χ0v) is 13.1. The average Bonchev–Trinajstić information content (AvgIpc) is 2.84. The fourth-order valence-corrected chi connectivity index (χ4v) is 4.03. The maximum atomic E-state index is 6.37. The molecule has 1 aliphatic carbocycles. The van der Waals surface area contributed by atoms with Crippen LogP contribution in [0.3, 0.4) is 0 Å². The van der Waals surface area contributed by atoms with Gasteiger partial charge in [0.2, 0.25) is 0 Å². The molecule has 2 nitrogen and oxygen atoms in total. The van der Waals surface area contributed by atoms with Crippen molar-refractivity contribution in [2.45, 2.75) is 37.3 Å². The standard InChI is InChI=1S/C14H19BrClNO/c1-17-13(14(18-2)8-3-4-9-14)12-10(15)6-5-7-11(12)16/h5-7,13,17H,3-4,8-9H2,1-2H3. The molecule has 18 heavy (non-hydrogen) atoms. The molecular weight excluding hydrogens is 314 g/mol. The van der Waals surface area contributed by atoms with Crippen molar-refractivity contribution in [3.8, 4) is 0 Å². The van der Waals surface area contributed by atoms with Crippen LogP contribution in [0.25, 0.3) is 0 Å². The highest BCUT2D eigenvalue weighted by Crippen LogP contribution is 2.45. The summed E-state index contributed by atoms with van der Waals surface area (Å²) in [6.45, 7) is 0. The van der Waals surface area contributed by atoms with Gasteiger partial charge in [-0.1, -0.05) is 46.4 Å². The predicted octanol–water partition coefficient (Wildman–Crippen LogP) is 4.32. The highest BCUT2D eigenvalue weighted by molar-refractivity contribution is 9.10. The molecule has 1 saturated carbocycles. The molecule has 0 aliphatic heterocycles. The molecule has 1 fully saturated rings. The third kappa shape index (κ3) is 2.46. The predicted molar refractivity (Wildman–Crippen MR) is 79.2 cm³/mol. The van der Waals surface area contributed by atoms with Crippen LogP contribution < -0.4 is 5.32 Å². The third-order valence-corrected chi connectivity index (χ3v) is 4.98. The molecule has 1 aromatic carbocycles. The van der Waals surface area contributed by atoms with Crippen LogP contribution in [-0.2, 0) is 4.74 Å². The van der Waals surface area contributed by atoms with Gasteiger partial charge in [-0.2, -0.15) is 0 Å². The Morgan fingerprint density at radius 2 is 2.06 bits per heavy atom. The van der Waals surface area contributed by atoms with Gasteiger partial charge in [-0.3, -0.25) is 0 Å². The monoisotopic (exact) mass is 331 g/mol. The second kappa shape index (κ2) is 5.91. The molecule has 1 unspecified atom stereocenters. The fourth-order valence-electron chi connectivity index (χ4n) is 3.04. The number of nitrogens with one attached hydrogen (secondary N) is 1. The van der Waals surface area contributed by atoms with Crippen molar-refractivity contribution < 1.29 is 4.74 Å². The topological polar surface area (TPSA) is 21.3 Å². The van der Waals surface area contributed by atoms with Crippen LogP contribution in [0.2, 0.25) is 5.02 Å². The number of hydrogen-bond donors (Lipinski definition) is 1. The van der Waals surface area contributed by atoms with E-state index in [2.05, 4.69) is 21.2 Å². The first-order valence-electron chi connectivity index (χ1n) is 6.31. The van der Waals surface area contributed by atoms with E-state index in [1.54, 1.807) is 7.11 Å². The first kappa shape index (κ1) is 14.3. The lowest BCUT2D eigenvalue weighted by Crippen LogP contribution is -2.42. The van der Waals surface area contributed by atoms with Crippen molar-refractivity contribution in [1.82, 2.24) is 5.32 Å². The number of ether oxygens (including phenoxy) is 1. The Kier molecular flexibility index (Phi) is 4.70. The largest absolute Gasteiger partial charge is 0.376 e. The van der Waals surface area contributed by atoms with E-state index in [0.29, 0.717) is 0 Å². The molecule has 1 aromatic rings. The van der Waals surface area contributed by atoms with Gasteiger partial charge in [0.05, 0.1) is 11.6 Å². The molecule has 0 spiro atoms. The van der Waals surface area contributed by atoms with Crippen LogP contribution in [0, 0.1) is 0 Å². The van der Waals surface area contributed by atoms with E-state index in [0.717, 1.165) is 27.9 Å². The van der Waals surface area contributed by atoms with E-state index in [9.17, 15) is 0 Å². The smallest absolute Gasteiger partial charge is 0.0873 e. The number of methoxy groups -OCH3 is 1. The van der Waals surface area contributed by atoms with E-state index < -0.39 is 0 Å². The number of halogens is 2. The highest BCUT2D eigenvalue weighted by Gasteiger charge is 2.43. The van der Waals surface area contributed by atoms with Gasteiger partial charge in [-0.25, -0.2) is 0 Å². The van der Waals surface area contributed by atoms with Crippen LogP contribution in [0.5, 0.6) is 0 Å². The van der Waals surface area contributed by atoms with Crippen LogP contribution in [0.1, 0.15) is 37.3 Å². The van der Waals surface area contributed by atoms with Gasteiger partial charge < -0.3 is 10.1 Å². The quantitative estimate of drug-likeness (QED) is 0.886. The zero-order valence-electron chi connectivity index (χ0n) is 10.8. The maximum Gasteiger partial charge on any atom is 0.0873 e. The molecule has 0 saturated heterocycles. The SMILES string of the molecule is CNC(c1c(Cl)cccc1Br)C1(OC)CCCC1. The van der Waals surface area contributed by atoms with Crippen molar-refractivity contribution in [2.24, 2.45) is 0 Å². The molecule has 0 aromatic heterocycles. The Bertz CT molecular complexity index is 398. The molecule has 0 amide bonds. The highest BCUT2D eigenvalue weighted by atomic mass is 79.9. The Morgan fingerprint density at radius 3 is 2.56 bits per heavy atom. The van der Waals surface area contributed by atoms with Crippen molar-refractivity contribution in [2.75, 3.05) is 14.2 Å². The lowest BCUT2D eigenvalue weighted by molar-refractivity contribution is -0.0350. The normalized spacial score (nSPS) is 20.0. The molecule has 0 bridgehead atoms. The van der Waals surface area contributed by atoms with E-state index in [4.69, 9.17) is 16.3 Å². The van der Waals surface area contributed by atoms with E-state index in [1.165, 1.54) is 12.8 Å². The first-order chi connectivity index (χ1) is 8.64. The van der Waals surface area contributed by atoms with Gasteiger partial charge in [0, 0.05) is 22.2 Å². The van der Waals surface area contributed by atoms with Crippen molar-refractivity contribution in [1.29, 1.82) is 0 Å². The summed E-state index contributed by atoms with van der Waals surface area (Å²) < 4.78 is 6.91. The second-order valence-corrected chi connectivity index (χ2v) is 6.09. The molecule has 1 N–H and O–H groups in total. The Labute approximate surface area is 122 Å². The van der Waals surface area contributed by atoms with Crippen LogP contribution >= 0.6 is 27.5 Å². The summed E-state index contributed by atoms with van der Waals surface area (Å²) >= 11 is 9.98. The summed E-state index contributed by atoms with van der Waals surface area (Å²) in [6.07, 6.45) is 4.58. The third-order valence-electron chi connectivity index (χ3n) is 3.96. The molecular formula is C14H19BrClNO. The Morgan fingerprint density at radius 1 is 1.39 bits per heavy atom. The van der Waals surface area contributed by atoms with E-state index >= 15 is 0 Å². The minimum atomic E-state index is -0.137. The summed E-state index contributed by atoms with van der Waals surface area (Å²) in [4.78, 5) is 0. The number of benzene rings is 1. The first-order valence-corrected chi connectivity index (χ1v) is 7.48. The van der Waals surface area contributed by atoms with Crippen LogP contribution in [0.15, 0.2) is 22.7 Å². The summed E-state index contributed by atoms with van der Waals surface area (Å²) in [6, 6.07) is 6.04. The number of likely N-dealkylation sites (N-methyl/N-ethyl adjacent to an activating group) is 1. The minimum Gasteiger partial charge on any atom is -0.376 e. The van der Waals surface area contributed by atoms with Crippen molar-refractivity contribution >= 4 is 27.5 Å². The molecule has 0 radical (unpaired) electrons. The Hall–Kier alpha value is -0.0900. The maximum absolute atomic E-state index is 6.37. The molecule has 1 atom stereocenters. The molecule has 4 heteroatoms. The van der Waals surface area contributed by atoms with Gasteiger partial charge in [0.15, 0.2) is 0 Å². The van der Waals surface area contributed by atoms with Crippen LogP contribution in [-0.4, -0.2) is 19.8 Å². The van der Waals surface area contributed by atoms with Crippen LogP contribution in [0.4, 0.5) is 0 Å². The fraction of sp³-hybridized carbons (Fsp3) is 0.571. The molecule has 1 aliphatic rings. The average molecular weight is 333 g/mol. The van der Waals surface area contributed by atoms with Gasteiger partial charge in [0.25, 0.3) is 0 Å². The summed E-state index contributed by atoms with van der Waals surface area (Å²) in [5.74, 6) is 0. The Balaban J connectivity index is 2.44. The minimum absolute atomic E-state index is 0.119. The molecule has 100 valence electrons. The van der Waals surface area contributed by atoms with Gasteiger partial charge >= 0.3 is 0 Å².